The van der Waals surface area contributed by atoms with Crippen LogP contribution < -0.4 is 15.5 Å². The van der Waals surface area contributed by atoms with E-state index in [9.17, 15) is 9.59 Å². The third-order valence-electron chi connectivity index (χ3n) is 3.17. The van der Waals surface area contributed by atoms with Crippen molar-refractivity contribution in [2.75, 3.05) is 11.9 Å². The predicted molar refractivity (Wildman–Crippen MR) is 103 cm³/mol. The second-order valence-corrected chi connectivity index (χ2v) is 6.08. The van der Waals surface area contributed by atoms with Crippen LogP contribution in [-0.4, -0.2) is 24.6 Å². The van der Waals surface area contributed by atoms with E-state index in [0.29, 0.717) is 33.7 Å². The van der Waals surface area contributed by atoms with Crippen LogP contribution in [0.25, 0.3) is 0 Å². The van der Waals surface area contributed by atoms with Crippen molar-refractivity contribution in [1.82, 2.24) is 5.43 Å². The van der Waals surface area contributed by atoms with Gasteiger partial charge in [0, 0.05) is 5.69 Å². The molecule has 0 aliphatic rings. The van der Waals surface area contributed by atoms with Gasteiger partial charge in [0.1, 0.15) is 0 Å². The van der Waals surface area contributed by atoms with Gasteiger partial charge in [0.25, 0.3) is 0 Å². The highest BCUT2D eigenvalue weighted by Crippen LogP contribution is 2.33. The van der Waals surface area contributed by atoms with Gasteiger partial charge in [-0.15, -0.1) is 0 Å². The molecule has 6 nitrogen and oxygen atoms in total. The minimum atomic E-state index is -0.897. The monoisotopic (exact) mass is 393 g/mol. The molecule has 0 bridgehead atoms. The smallest absolute Gasteiger partial charge is 0.329 e. The van der Waals surface area contributed by atoms with Gasteiger partial charge in [-0.05, 0) is 49.2 Å². The zero-order chi connectivity index (χ0) is 19.1. The number of ether oxygens (including phenoxy) is 1. The molecule has 0 spiro atoms. The van der Waals surface area contributed by atoms with Gasteiger partial charge in [-0.2, -0.15) is 5.10 Å². The third-order valence-corrected chi connectivity index (χ3v) is 3.73. The first-order chi connectivity index (χ1) is 12.4. The number of nitrogens with one attached hydrogen (secondary N) is 2. The van der Waals surface area contributed by atoms with Crippen LogP contribution in [0.15, 0.2) is 41.5 Å². The number of hydrazone groups is 1. The van der Waals surface area contributed by atoms with Crippen LogP contribution in [0.4, 0.5) is 5.69 Å². The van der Waals surface area contributed by atoms with Gasteiger partial charge in [-0.25, -0.2) is 5.43 Å². The topological polar surface area (TPSA) is 79.8 Å². The van der Waals surface area contributed by atoms with Gasteiger partial charge in [-0.3, -0.25) is 9.59 Å². The summed E-state index contributed by atoms with van der Waals surface area (Å²) in [5, 5.41) is 6.87. The van der Waals surface area contributed by atoms with E-state index < -0.39 is 11.8 Å². The number of hydrogen-bond donors (Lipinski definition) is 2. The quantitative estimate of drug-likeness (QED) is 0.460. The van der Waals surface area contributed by atoms with Gasteiger partial charge in [0.05, 0.1) is 22.9 Å². The molecule has 0 aromatic heterocycles. The lowest BCUT2D eigenvalue weighted by Crippen LogP contribution is -2.32. The van der Waals surface area contributed by atoms with E-state index in [0.717, 1.165) is 5.56 Å². The van der Waals surface area contributed by atoms with Gasteiger partial charge < -0.3 is 10.1 Å². The number of rotatable bonds is 5. The first-order valence-corrected chi connectivity index (χ1v) is 8.49. The molecule has 2 N–H and O–H groups in total. The predicted octanol–water partition coefficient (Wildman–Crippen LogP) is 3.79. The van der Waals surface area contributed by atoms with Crippen molar-refractivity contribution in [1.29, 1.82) is 0 Å². The SMILES string of the molecule is CCOc1c(Cl)cc(/C=N\NC(=O)C(=O)Nc2cccc(C)c2)cc1Cl. The summed E-state index contributed by atoms with van der Waals surface area (Å²) in [7, 11) is 0. The van der Waals surface area contributed by atoms with E-state index in [1.165, 1.54) is 6.21 Å². The van der Waals surface area contributed by atoms with E-state index in [1.54, 1.807) is 30.3 Å². The Labute approximate surface area is 161 Å². The van der Waals surface area contributed by atoms with Crippen molar-refractivity contribution in [3.63, 3.8) is 0 Å². The van der Waals surface area contributed by atoms with Crippen LogP contribution in [0, 0.1) is 6.92 Å². The zero-order valence-corrected chi connectivity index (χ0v) is 15.7. The second kappa shape index (κ2) is 9.22. The van der Waals surface area contributed by atoms with Crippen LogP contribution in [0.2, 0.25) is 10.0 Å². The molecule has 0 saturated carbocycles. The number of anilines is 1. The summed E-state index contributed by atoms with van der Waals surface area (Å²) >= 11 is 12.2. The Kier molecular flexibility index (Phi) is 7.00. The molecule has 26 heavy (non-hydrogen) atoms. The molecule has 0 heterocycles. The number of nitrogens with zero attached hydrogens (tertiary/aromatic N) is 1. The first-order valence-electron chi connectivity index (χ1n) is 7.73. The maximum atomic E-state index is 11.8. The molecule has 2 amide bonds. The molecule has 0 atom stereocenters. The summed E-state index contributed by atoms with van der Waals surface area (Å²) in [6, 6.07) is 10.3. The molecule has 0 saturated heterocycles. The fourth-order valence-electron chi connectivity index (χ4n) is 2.06. The molecule has 2 aromatic carbocycles. The van der Waals surface area contributed by atoms with Crippen molar-refractivity contribution in [2.24, 2.45) is 5.10 Å². The Hall–Kier alpha value is -2.57. The Morgan fingerprint density at radius 1 is 1.15 bits per heavy atom. The molecule has 136 valence electrons. The van der Waals surface area contributed by atoms with Gasteiger partial charge >= 0.3 is 11.8 Å². The molecule has 0 radical (unpaired) electrons. The lowest BCUT2D eigenvalue weighted by atomic mass is 10.2. The third kappa shape index (κ3) is 5.47. The highest BCUT2D eigenvalue weighted by molar-refractivity contribution is 6.39. The number of carbonyl (C=O) groups is 2. The van der Waals surface area contributed by atoms with Gasteiger partial charge in [0.2, 0.25) is 0 Å². The summed E-state index contributed by atoms with van der Waals surface area (Å²) < 4.78 is 5.33. The van der Waals surface area contributed by atoms with Gasteiger partial charge in [-0.1, -0.05) is 35.3 Å². The standard InChI is InChI=1S/C18H17Cl2N3O3/c1-3-26-16-14(19)8-12(9-15(16)20)10-21-23-18(25)17(24)22-13-6-4-5-11(2)7-13/h4-10H,3H2,1-2H3,(H,22,24)(H,23,25)/b21-10-. The largest absolute Gasteiger partial charge is 0.491 e. The van der Waals surface area contributed by atoms with Crippen LogP contribution >= 0.6 is 23.2 Å². The summed E-state index contributed by atoms with van der Waals surface area (Å²) in [6.07, 6.45) is 1.32. The van der Waals surface area contributed by atoms with E-state index in [2.05, 4.69) is 15.8 Å². The minimum Gasteiger partial charge on any atom is -0.491 e. The zero-order valence-electron chi connectivity index (χ0n) is 14.2. The molecule has 2 rings (SSSR count). The van der Waals surface area contributed by atoms with E-state index in [1.807, 2.05) is 19.9 Å². The van der Waals surface area contributed by atoms with Crippen molar-refractivity contribution >= 4 is 46.9 Å². The van der Waals surface area contributed by atoms with Crippen molar-refractivity contribution in [3.8, 4) is 5.75 Å². The maximum absolute atomic E-state index is 11.8. The number of benzene rings is 2. The summed E-state index contributed by atoms with van der Waals surface area (Å²) in [6.45, 7) is 4.13. The number of carbonyl (C=O) groups excluding carboxylic acids is 2. The van der Waals surface area contributed by atoms with Crippen LogP contribution in [0.5, 0.6) is 5.75 Å². The number of hydrogen-bond acceptors (Lipinski definition) is 4. The lowest BCUT2D eigenvalue weighted by Gasteiger charge is -2.08. The molecular weight excluding hydrogens is 377 g/mol. The minimum absolute atomic E-state index is 0.323. The fraction of sp³-hybridized carbons (Fsp3) is 0.167. The van der Waals surface area contributed by atoms with Crippen LogP contribution in [0.3, 0.4) is 0 Å². The molecule has 0 unspecified atom stereocenters. The molecule has 8 heteroatoms. The summed E-state index contributed by atoms with van der Waals surface area (Å²) in [4.78, 5) is 23.6. The summed E-state index contributed by atoms with van der Waals surface area (Å²) in [5.41, 5.74) is 4.18. The van der Waals surface area contributed by atoms with Gasteiger partial charge in [0.15, 0.2) is 5.75 Å². The summed E-state index contributed by atoms with van der Waals surface area (Å²) in [5.74, 6) is -1.34. The lowest BCUT2D eigenvalue weighted by molar-refractivity contribution is -0.136. The Balaban J connectivity index is 1.97. The highest BCUT2D eigenvalue weighted by Gasteiger charge is 2.13. The van der Waals surface area contributed by atoms with Crippen LogP contribution in [-0.2, 0) is 9.59 Å². The molecule has 2 aromatic rings. The first kappa shape index (κ1) is 19.8. The van der Waals surface area contributed by atoms with Crippen LogP contribution in [0.1, 0.15) is 18.1 Å². The van der Waals surface area contributed by atoms with E-state index >= 15 is 0 Å². The Morgan fingerprint density at radius 3 is 2.46 bits per heavy atom. The van der Waals surface area contributed by atoms with Crippen molar-refractivity contribution in [2.45, 2.75) is 13.8 Å². The average molecular weight is 394 g/mol. The van der Waals surface area contributed by atoms with Crippen molar-refractivity contribution in [3.05, 3.63) is 57.6 Å². The number of amides is 2. The van der Waals surface area contributed by atoms with E-state index in [-0.39, 0.29) is 0 Å². The average Bonchev–Trinajstić information content (AvgIpc) is 2.58. The Bertz CT molecular complexity index is 830. The highest BCUT2D eigenvalue weighted by atomic mass is 35.5. The fourth-order valence-corrected chi connectivity index (χ4v) is 2.68. The van der Waals surface area contributed by atoms with E-state index in [4.69, 9.17) is 27.9 Å². The molecular formula is C18H17Cl2N3O3. The number of aryl methyl sites for hydroxylation is 1. The second-order valence-electron chi connectivity index (χ2n) is 5.27. The van der Waals surface area contributed by atoms with Crippen molar-refractivity contribution < 1.29 is 14.3 Å². The number of halogens is 2. The maximum Gasteiger partial charge on any atom is 0.329 e. The normalized spacial score (nSPS) is 10.6. The molecule has 0 aliphatic carbocycles. The molecule has 0 aliphatic heterocycles. The Morgan fingerprint density at radius 2 is 1.85 bits per heavy atom. The molecule has 0 fully saturated rings.